The lowest BCUT2D eigenvalue weighted by Crippen LogP contribution is -2.07. The van der Waals surface area contributed by atoms with Gasteiger partial charge in [-0.25, -0.2) is 4.98 Å². The molecule has 0 radical (unpaired) electrons. The first-order valence-electron chi connectivity index (χ1n) is 6.79. The summed E-state index contributed by atoms with van der Waals surface area (Å²) in [5.41, 5.74) is 1.74. The highest BCUT2D eigenvalue weighted by Crippen LogP contribution is 2.36. The number of rotatable bonds is 5. The number of aryl methyl sites for hydroxylation is 2. The highest BCUT2D eigenvalue weighted by molar-refractivity contribution is 9.10. The Bertz CT molecular complexity index is 737. The summed E-state index contributed by atoms with van der Waals surface area (Å²) in [6.07, 6.45) is 3.16. The molecule has 0 aliphatic carbocycles. The lowest BCUT2D eigenvalue weighted by atomic mass is 10.2. The molecule has 0 aliphatic heterocycles. The number of thiazole rings is 1. The van der Waals surface area contributed by atoms with Gasteiger partial charge in [-0.1, -0.05) is 0 Å². The van der Waals surface area contributed by atoms with Crippen molar-refractivity contribution in [2.24, 2.45) is 0 Å². The highest BCUT2D eigenvalue weighted by atomic mass is 79.9. The maximum atomic E-state index is 12.0. The van der Waals surface area contributed by atoms with Gasteiger partial charge in [-0.2, -0.15) is 0 Å². The third-order valence-electron chi connectivity index (χ3n) is 3.14. The Morgan fingerprint density at radius 2 is 2.04 bits per heavy atom. The second-order valence-corrected chi connectivity index (χ2v) is 6.78. The van der Waals surface area contributed by atoms with Gasteiger partial charge in [0, 0.05) is 11.0 Å². The fourth-order valence-electron chi connectivity index (χ4n) is 1.88. The first kappa shape index (κ1) is 17.5. The number of ether oxygens (including phenoxy) is 2. The summed E-state index contributed by atoms with van der Waals surface area (Å²) in [4.78, 5) is 17.3. The number of carbonyl (C=O) groups is 1. The minimum Gasteiger partial charge on any atom is -0.493 e. The number of aromatic nitrogens is 1. The SMILES string of the molecule is COc1cc(C=CC(=O)Nc2nc(C)c(C)s2)cc(Br)c1OC. The smallest absolute Gasteiger partial charge is 0.250 e. The van der Waals surface area contributed by atoms with Crippen LogP contribution in [0.15, 0.2) is 22.7 Å². The van der Waals surface area contributed by atoms with E-state index in [1.165, 1.54) is 17.4 Å². The minimum atomic E-state index is -0.232. The lowest BCUT2D eigenvalue weighted by molar-refractivity contribution is -0.111. The van der Waals surface area contributed by atoms with Crippen LogP contribution in [0.25, 0.3) is 6.08 Å². The number of carbonyl (C=O) groups excluding carboxylic acids is 1. The number of benzene rings is 1. The van der Waals surface area contributed by atoms with E-state index in [0.29, 0.717) is 16.6 Å². The molecule has 2 rings (SSSR count). The zero-order valence-electron chi connectivity index (χ0n) is 13.3. The minimum absolute atomic E-state index is 0.232. The van der Waals surface area contributed by atoms with Gasteiger partial charge in [-0.3, -0.25) is 10.1 Å². The third-order valence-corrected chi connectivity index (χ3v) is 4.72. The van der Waals surface area contributed by atoms with E-state index in [2.05, 4.69) is 26.2 Å². The Labute approximate surface area is 147 Å². The first-order valence-corrected chi connectivity index (χ1v) is 8.40. The molecule has 0 atom stereocenters. The Balaban J connectivity index is 2.13. The van der Waals surface area contributed by atoms with Crippen molar-refractivity contribution in [3.63, 3.8) is 0 Å². The molecule has 0 unspecified atom stereocenters. The Kier molecular flexibility index (Phi) is 5.79. The summed E-state index contributed by atoms with van der Waals surface area (Å²) in [5, 5.41) is 3.35. The van der Waals surface area contributed by atoms with Crippen LogP contribution >= 0.6 is 27.3 Å². The van der Waals surface area contributed by atoms with Crippen molar-refractivity contribution in [2.45, 2.75) is 13.8 Å². The van der Waals surface area contributed by atoms with Crippen LogP contribution < -0.4 is 14.8 Å². The molecule has 0 saturated carbocycles. The normalized spacial score (nSPS) is 10.8. The van der Waals surface area contributed by atoms with Crippen LogP contribution in [-0.4, -0.2) is 25.1 Å². The molecule has 7 heteroatoms. The van der Waals surface area contributed by atoms with Crippen LogP contribution in [0.1, 0.15) is 16.1 Å². The summed E-state index contributed by atoms with van der Waals surface area (Å²) in [6.45, 7) is 3.89. The third kappa shape index (κ3) is 4.33. The van der Waals surface area contributed by atoms with Crippen molar-refractivity contribution in [1.82, 2.24) is 4.98 Å². The van der Waals surface area contributed by atoms with Crippen molar-refractivity contribution in [2.75, 3.05) is 19.5 Å². The first-order chi connectivity index (χ1) is 10.9. The second kappa shape index (κ2) is 7.61. The molecule has 5 nitrogen and oxygen atoms in total. The van der Waals surface area contributed by atoms with Crippen molar-refractivity contribution < 1.29 is 14.3 Å². The van der Waals surface area contributed by atoms with Gasteiger partial charge in [-0.15, -0.1) is 11.3 Å². The number of methoxy groups -OCH3 is 2. The zero-order valence-corrected chi connectivity index (χ0v) is 15.7. The predicted octanol–water partition coefficient (Wildman–Crippen LogP) is 4.19. The van der Waals surface area contributed by atoms with Crippen LogP contribution in [0.4, 0.5) is 5.13 Å². The van der Waals surface area contributed by atoms with E-state index < -0.39 is 0 Å². The van der Waals surface area contributed by atoms with Crippen LogP contribution in [0.2, 0.25) is 0 Å². The Morgan fingerprint density at radius 3 is 2.61 bits per heavy atom. The Hall–Kier alpha value is -1.86. The van der Waals surface area contributed by atoms with E-state index in [-0.39, 0.29) is 5.91 Å². The van der Waals surface area contributed by atoms with E-state index in [4.69, 9.17) is 9.47 Å². The quantitative estimate of drug-likeness (QED) is 0.769. The number of amides is 1. The maximum Gasteiger partial charge on any atom is 0.250 e. The molecule has 1 N–H and O–H groups in total. The average molecular weight is 397 g/mol. The van der Waals surface area contributed by atoms with Crippen LogP contribution in [0.3, 0.4) is 0 Å². The van der Waals surface area contributed by atoms with Crippen molar-refractivity contribution in [3.05, 3.63) is 38.8 Å². The van der Waals surface area contributed by atoms with E-state index in [1.54, 1.807) is 26.4 Å². The molecule has 1 heterocycles. The molecule has 1 aromatic heterocycles. The van der Waals surface area contributed by atoms with Gasteiger partial charge < -0.3 is 9.47 Å². The molecule has 0 aliphatic rings. The van der Waals surface area contributed by atoms with Crippen molar-refractivity contribution in [3.8, 4) is 11.5 Å². The largest absolute Gasteiger partial charge is 0.493 e. The number of halogens is 1. The molecule has 23 heavy (non-hydrogen) atoms. The molecular formula is C16H17BrN2O3S. The average Bonchev–Trinajstić information content (AvgIpc) is 2.82. The molecule has 0 bridgehead atoms. The summed E-state index contributed by atoms with van der Waals surface area (Å²) in [7, 11) is 3.14. The summed E-state index contributed by atoms with van der Waals surface area (Å²) < 4.78 is 11.3. The fraction of sp³-hybridized carbons (Fsp3) is 0.250. The van der Waals surface area contributed by atoms with E-state index >= 15 is 0 Å². The second-order valence-electron chi connectivity index (χ2n) is 4.72. The molecule has 122 valence electrons. The van der Waals surface area contributed by atoms with E-state index in [0.717, 1.165) is 20.6 Å². The topological polar surface area (TPSA) is 60.5 Å². The number of nitrogens with zero attached hydrogens (tertiary/aromatic N) is 1. The molecule has 1 amide bonds. The van der Waals surface area contributed by atoms with Crippen LogP contribution in [0.5, 0.6) is 11.5 Å². The zero-order chi connectivity index (χ0) is 17.0. The summed E-state index contributed by atoms with van der Waals surface area (Å²) in [5.74, 6) is 0.973. The standard InChI is InChI=1S/C16H17BrN2O3S/c1-9-10(2)23-16(18-9)19-14(20)6-5-11-7-12(17)15(22-4)13(8-11)21-3/h5-8H,1-4H3,(H,18,19,20). The molecule has 1 aromatic carbocycles. The van der Waals surface area contributed by atoms with Gasteiger partial charge in [0.25, 0.3) is 0 Å². The predicted molar refractivity (Wildman–Crippen MR) is 96.5 cm³/mol. The van der Waals surface area contributed by atoms with Crippen LogP contribution in [-0.2, 0) is 4.79 Å². The number of hydrogen-bond acceptors (Lipinski definition) is 5. The highest BCUT2D eigenvalue weighted by Gasteiger charge is 2.10. The molecule has 0 fully saturated rings. The van der Waals surface area contributed by atoms with E-state index in [1.807, 2.05) is 19.9 Å². The van der Waals surface area contributed by atoms with Gasteiger partial charge >= 0.3 is 0 Å². The summed E-state index contributed by atoms with van der Waals surface area (Å²) in [6, 6.07) is 3.65. The van der Waals surface area contributed by atoms with Gasteiger partial charge in [0.1, 0.15) is 0 Å². The number of hydrogen-bond donors (Lipinski definition) is 1. The lowest BCUT2D eigenvalue weighted by Gasteiger charge is -2.10. The van der Waals surface area contributed by atoms with Gasteiger partial charge in [0.2, 0.25) is 5.91 Å². The maximum absolute atomic E-state index is 12.0. The van der Waals surface area contributed by atoms with Gasteiger partial charge in [0.15, 0.2) is 16.6 Å². The van der Waals surface area contributed by atoms with Gasteiger partial charge in [0.05, 0.1) is 24.4 Å². The summed E-state index contributed by atoms with van der Waals surface area (Å²) >= 11 is 4.88. The molecular weight excluding hydrogens is 380 g/mol. The van der Waals surface area contributed by atoms with Crippen molar-refractivity contribution in [1.29, 1.82) is 0 Å². The molecule has 0 saturated heterocycles. The van der Waals surface area contributed by atoms with Gasteiger partial charge in [-0.05, 0) is 53.5 Å². The van der Waals surface area contributed by atoms with Crippen LogP contribution in [0, 0.1) is 13.8 Å². The number of anilines is 1. The molecule has 2 aromatic rings. The fourth-order valence-corrected chi connectivity index (χ4v) is 3.32. The monoisotopic (exact) mass is 396 g/mol. The van der Waals surface area contributed by atoms with E-state index in [9.17, 15) is 4.79 Å². The van der Waals surface area contributed by atoms with Crippen molar-refractivity contribution >= 4 is 44.4 Å². The Morgan fingerprint density at radius 1 is 1.30 bits per heavy atom. The number of nitrogens with one attached hydrogen (secondary N) is 1. The molecule has 0 spiro atoms.